The molecule has 3 aromatic rings. The first kappa shape index (κ1) is 16.5. The first-order valence-corrected chi connectivity index (χ1v) is 7.67. The van der Waals surface area contributed by atoms with Gasteiger partial charge in [0.2, 0.25) is 5.43 Å². The van der Waals surface area contributed by atoms with E-state index < -0.39 is 17.0 Å². The molecule has 7 heteroatoms. The fourth-order valence-corrected chi connectivity index (χ4v) is 2.51. The molecule has 2 N–H and O–H groups in total. The van der Waals surface area contributed by atoms with Crippen LogP contribution in [0.15, 0.2) is 56.6 Å². The van der Waals surface area contributed by atoms with E-state index in [1.165, 1.54) is 18.3 Å². The van der Waals surface area contributed by atoms with Gasteiger partial charge in [-0.05, 0) is 19.1 Å². The number of pyridine rings is 1. The lowest BCUT2D eigenvalue weighted by molar-refractivity contribution is 0.0948. The van der Waals surface area contributed by atoms with Gasteiger partial charge in [-0.25, -0.2) is 4.79 Å². The van der Waals surface area contributed by atoms with Crippen LogP contribution in [0.5, 0.6) is 5.75 Å². The maximum absolute atomic E-state index is 12.2. The van der Waals surface area contributed by atoms with Crippen molar-refractivity contribution < 1.29 is 14.3 Å². The van der Waals surface area contributed by atoms with E-state index in [4.69, 9.17) is 4.42 Å². The largest absolute Gasteiger partial charge is 0.503 e. The third-order valence-corrected chi connectivity index (χ3v) is 3.94. The molecule has 128 valence electrons. The molecule has 25 heavy (non-hydrogen) atoms. The zero-order chi connectivity index (χ0) is 18.0. The molecule has 2 aromatic heterocycles. The second kappa shape index (κ2) is 6.64. The minimum Gasteiger partial charge on any atom is -0.503 e. The lowest BCUT2D eigenvalue weighted by Crippen LogP contribution is -2.31. The summed E-state index contributed by atoms with van der Waals surface area (Å²) in [6.07, 6.45) is 1.54. The summed E-state index contributed by atoms with van der Waals surface area (Å²) in [5, 5.41) is 12.9. The van der Waals surface area contributed by atoms with Crippen molar-refractivity contribution in [3.8, 4) is 5.75 Å². The number of aromatic nitrogens is 1. The summed E-state index contributed by atoms with van der Waals surface area (Å²) in [5.74, 6) is -0.855. The zero-order valence-corrected chi connectivity index (χ0v) is 13.5. The van der Waals surface area contributed by atoms with E-state index in [0.717, 1.165) is 0 Å². The van der Waals surface area contributed by atoms with Crippen LogP contribution in [0.3, 0.4) is 0 Å². The van der Waals surface area contributed by atoms with E-state index in [1.807, 2.05) is 0 Å². The molecule has 0 radical (unpaired) electrons. The van der Waals surface area contributed by atoms with Crippen molar-refractivity contribution in [1.29, 1.82) is 0 Å². The molecular weight excluding hydrogens is 324 g/mol. The minimum absolute atomic E-state index is 0.0711. The van der Waals surface area contributed by atoms with E-state index in [-0.39, 0.29) is 17.9 Å². The summed E-state index contributed by atoms with van der Waals surface area (Å²) in [6, 6.07) is 9.68. The van der Waals surface area contributed by atoms with Gasteiger partial charge in [0.05, 0.1) is 5.69 Å². The van der Waals surface area contributed by atoms with E-state index in [1.54, 1.807) is 35.8 Å². The second-order valence-corrected chi connectivity index (χ2v) is 5.55. The fourth-order valence-electron chi connectivity index (χ4n) is 2.51. The standard InChI is InChI=1S/C18H16N2O5/c1-11-16(22)14(21)6-8-20(11)9-7-19-17(23)13-10-12-4-2-3-5-15(12)25-18(13)24/h2-6,8,10,22H,7,9H2,1H3,(H,19,23). The number of fused-ring (bicyclic) bond motifs is 1. The van der Waals surface area contributed by atoms with Crippen LogP contribution >= 0.6 is 0 Å². The number of hydrogen-bond acceptors (Lipinski definition) is 5. The van der Waals surface area contributed by atoms with Crippen LogP contribution in [-0.4, -0.2) is 22.1 Å². The van der Waals surface area contributed by atoms with Crippen LogP contribution in [0.25, 0.3) is 11.0 Å². The molecule has 0 bridgehead atoms. The molecule has 0 aliphatic carbocycles. The molecule has 3 rings (SSSR count). The van der Waals surface area contributed by atoms with Crippen molar-refractivity contribution in [2.75, 3.05) is 6.54 Å². The minimum atomic E-state index is -0.701. The number of carbonyl (C=O) groups excluding carboxylic acids is 1. The normalized spacial score (nSPS) is 10.8. The second-order valence-electron chi connectivity index (χ2n) is 5.55. The third kappa shape index (κ3) is 3.30. The number of nitrogens with zero attached hydrogens (tertiary/aromatic N) is 1. The van der Waals surface area contributed by atoms with Crippen molar-refractivity contribution in [3.63, 3.8) is 0 Å². The fraction of sp³-hybridized carbons (Fsp3) is 0.167. The van der Waals surface area contributed by atoms with Crippen LogP contribution in [-0.2, 0) is 6.54 Å². The Morgan fingerprint density at radius 2 is 2.00 bits per heavy atom. The average molecular weight is 340 g/mol. The maximum Gasteiger partial charge on any atom is 0.349 e. The van der Waals surface area contributed by atoms with Crippen molar-refractivity contribution in [1.82, 2.24) is 9.88 Å². The van der Waals surface area contributed by atoms with Crippen LogP contribution < -0.4 is 16.4 Å². The quantitative estimate of drug-likeness (QED) is 0.699. The summed E-state index contributed by atoms with van der Waals surface area (Å²) in [6.45, 7) is 2.16. The van der Waals surface area contributed by atoms with E-state index in [2.05, 4.69) is 5.32 Å². The van der Waals surface area contributed by atoms with Crippen molar-refractivity contribution in [2.24, 2.45) is 0 Å². The molecule has 0 fully saturated rings. The maximum atomic E-state index is 12.2. The van der Waals surface area contributed by atoms with Crippen molar-refractivity contribution in [3.05, 3.63) is 74.5 Å². The topological polar surface area (TPSA) is 102 Å². The van der Waals surface area contributed by atoms with Gasteiger partial charge in [0.15, 0.2) is 5.75 Å². The Kier molecular flexibility index (Phi) is 4.38. The predicted molar refractivity (Wildman–Crippen MR) is 91.9 cm³/mol. The van der Waals surface area contributed by atoms with Gasteiger partial charge >= 0.3 is 5.63 Å². The van der Waals surface area contributed by atoms with E-state index in [0.29, 0.717) is 23.2 Å². The Morgan fingerprint density at radius 1 is 1.24 bits per heavy atom. The Hall–Kier alpha value is -3.35. The molecule has 2 heterocycles. The lowest BCUT2D eigenvalue weighted by atomic mass is 10.2. The van der Waals surface area contributed by atoms with E-state index in [9.17, 15) is 19.5 Å². The van der Waals surface area contributed by atoms with Gasteiger partial charge in [-0.1, -0.05) is 18.2 Å². The highest BCUT2D eigenvalue weighted by Gasteiger charge is 2.13. The molecule has 0 saturated carbocycles. The molecule has 0 aliphatic heterocycles. The highest BCUT2D eigenvalue weighted by Crippen LogP contribution is 2.12. The van der Waals surface area contributed by atoms with Crippen molar-refractivity contribution in [2.45, 2.75) is 13.5 Å². The number of carbonyl (C=O) groups is 1. The number of rotatable bonds is 4. The molecule has 1 aromatic carbocycles. The summed E-state index contributed by atoms with van der Waals surface area (Å²) in [7, 11) is 0. The monoisotopic (exact) mass is 340 g/mol. The van der Waals surface area contributed by atoms with Crippen LogP contribution in [0.4, 0.5) is 0 Å². The predicted octanol–water partition coefficient (Wildman–Crippen LogP) is 1.40. The van der Waals surface area contributed by atoms with Crippen LogP contribution in [0.2, 0.25) is 0 Å². The third-order valence-electron chi connectivity index (χ3n) is 3.94. The number of benzene rings is 1. The first-order chi connectivity index (χ1) is 12.0. The zero-order valence-electron chi connectivity index (χ0n) is 13.5. The van der Waals surface area contributed by atoms with Crippen LogP contribution in [0.1, 0.15) is 16.1 Å². The van der Waals surface area contributed by atoms with Gasteiger partial charge in [0.25, 0.3) is 5.91 Å². The first-order valence-electron chi connectivity index (χ1n) is 7.67. The molecule has 0 spiro atoms. The van der Waals surface area contributed by atoms with Gasteiger partial charge < -0.3 is 19.4 Å². The summed E-state index contributed by atoms with van der Waals surface area (Å²) >= 11 is 0. The SMILES string of the molecule is Cc1c(O)c(=O)ccn1CCNC(=O)c1cc2ccccc2oc1=O. The number of hydrogen-bond donors (Lipinski definition) is 2. The van der Waals surface area contributed by atoms with Crippen LogP contribution in [0, 0.1) is 6.92 Å². The van der Waals surface area contributed by atoms with E-state index >= 15 is 0 Å². The molecule has 0 aliphatic rings. The number of aromatic hydroxyl groups is 1. The molecular formula is C18H16N2O5. The summed E-state index contributed by atoms with van der Waals surface area (Å²) < 4.78 is 6.78. The Morgan fingerprint density at radius 3 is 2.80 bits per heavy atom. The van der Waals surface area contributed by atoms with Gasteiger partial charge in [-0.3, -0.25) is 9.59 Å². The highest BCUT2D eigenvalue weighted by atomic mass is 16.4. The smallest absolute Gasteiger partial charge is 0.349 e. The molecule has 0 saturated heterocycles. The van der Waals surface area contributed by atoms with Gasteiger partial charge in [0, 0.05) is 30.7 Å². The number of amides is 1. The Labute approximate surface area is 142 Å². The summed E-state index contributed by atoms with van der Waals surface area (Å²) in [5.41, 5.74) is -0.395. The van der Waals surface area contributed by atoms with Crippen molar-refractivity contribution >= 4 is 16.9 Å². The molecule has 0 unspecified atom stereocenters. The van der Waals surface area contributed by atoms with Gasteiger partial charge in [-0.2, -0.15) is 0 Å². The Balaban J connectivity index is 1.73. The molecule has 0 atom stereocenters. The number of nitrogens with one attached hydrogen (secondary N) is 1. The molecule has 7 nitrogen and oxygen atoms in total. The van der Waals surface area contributed by atoms with Gasteiger partial charge in [-0.15, -0.1) is 0 Å². The van der Waals surface area contributed by atoms with Gasteiger partial charge in [0.1, 0.15) is 11.1 Å². The Bertz CT molecular complexity index is 1060. The molecule has 1 amide bonds. The lowest BCUT2D eigenvalue weighted by Gasteiger charge is -2.12. The number of para-hydroxylation sites is 1. The summed E-state index contributed by atoms with van der Waals surface area (Å²) in [4.78, 5) is 35.5. The highest BCUT2D eigenvalue weighted by molar-refractivity contribution is 5.96. The average Bonchev–Trinajstić information content (AvgIpc) is 2.61.